The zero-order chi connectivity index (χ0) is 12.0. The normalized spacial score (nSPS) is 17.9. The van der Waals surface area contributed by atoms with Gasteiger partial charge in [0.1, 0.15) is 0 Å². The Balaban J connectivity index is 2.14. The molecule has 0 amide bonds. The molecule has 3 rings (SSSR count). The van der Waals surface area contributed by atoms with Gasteiger partial charge in [0.25, 0.3) is 0 Å². The van der Waals surface area contributed by atoms with Crippen LogP contribution < -0.4 is 0 Å². The largest absolute Gasteiger partial charge is 0.481 e. The molecule has 0 spiro atoms. The highest BCUT2D eigenvalue weighted by atomic mass is 16.4. The van der Waals surface area contributed by atoms with Crippen molar-refractivity contribution in [3.8, 4) is 0 Å². The van der Waals surface area contributed by atoms with E-state index < -0.39 is 11.4 Å². The summed E-state index contributed by atoms with van der Waals surface area (Å²) in [5.41, 5.74) is 1.48. The van der Waals surface area contributed by atoms with Crippen LogP contribution in [-0.4, -0.2) is 15.6 Å². The van der Waals surface area contributed by atoms with E-state index in [1.54, 1.807) is 0 Å². The fourth-order valence-corrected chi connectivity index (χ4v) is 2.74. The zero-order valence-corrected chi connectivity index (χ0v) is 9.81. The number of carbonyl (C=O) groups is 1. The monoisotopic (exact) mass is 229 g/mol. The lowest BCUT2D eigenvalue weighted by molar-refractivity contribution is -0.147. The van der Waals surface area contributed by atoms with Crippen LogP contribution >= 0.6 is 0 Å². The number of fused-ring (bicyclic) bond motifs is 1. The van der Waals surface area contributed by atoms with Gasteiger partial charge < -0.3 is 9.67 Å². The van der Waals surface area contributed by atoms with Gasteiger partial charge in [-0.2, -0.15) is 0 Å². The molecule has 1 saturated carbocycles. The molecule has 88 valence electrons. The van der Waals surface area contributed by atoms with Crippen LogP contribution in [0.15, 0.2) is 30.5 Å². The Morgan fingerprint density at radius 3 is 2.71 bits per heavy atom. The van der Waals surface area contributed by atoms with E-state index in [2.05, 4.69) is 0 Å². The summed E-state index contributed by atoms with van der Waals surface area (Å²) in [5, 5.41) is 10.5. The standard InChI is InChI=1S/C14H15NO2/c1-15-8-5-10-9-11(3-4-12(10)15)14(13(16)17)6-2-7-14/h3-5,8-9H,2,6-7H2,1H3,(H,16,17). The molecule has 0 unspecified atom stereocenters. The molecule has 1 aromatic heterocycles. The zero-order valence-electron chi connectivity index (χ0n) is 9.81. The van der Waals surface area contributed by atoms with E-state index in [9.17, 15) is 9.90 Å². The quantitative estimate of drug-likeness (QED) is 0.860. The first-order valence-corrected chi connectivity index (χ1v) is 5.92. The van der Waals surface area contributed by atoms with Crippen LogP contribution in [0.3, 0.4) is 0 Å². The highest BCUT2D eigenvalue weighted by Crippen LogP contribution is 2.44. The molecule has 0 bridgehead atoms. The highest BCUT2D eigenvalue weighted by molar-refractivity contribution is 5.87. The van der Waals surface area contributed by atoms with Crippen molar-refractivity contribution >= 4 is 16.9 Å². The summed E-state index contributed by atoms with van der Waals surface area (Å²) in [6, 6.07) is 8.05. The Hall–Kier alpha value is -1.77. The average molecular weight is 229 g/mol. The molecular weight excluding hydrogens is 214 g/mol. The predicted octanol–water partition coefficient (Wildman–Crippen LogP) is 2.68. The van der Waals surface area contributed by atoms with E-state index in [1.165, 1.54) is 0 Å². The lowest BCUT2D eigenvalue weighted by Crippen LogP contribution is -2.42. The van der Waals surface area contributed by atoms with Gasteiger partial charge in [0.05, 0.1) is 5.41 Å². The third kappa shape index (κ3) is 1.32. The Bertz CT molecular complexity index is 593. The highest BCUT2D eigenvalue weighted by Gasteiger charge is 2.45. The van der Waals surface area contributed by atoms with E-state index in [4.69, 9.17) is 0 Å². The topological polar surface area (TPSA) is 42.2 Å². The number of carboxylic acid groups (broad SMARTS) is 1. The van der Waals surface area contributed by atoms with Crippen molar-refractivity contribution in [3.05, 3.63) is 36.0 Å². The minimum Gasteiger partial charge on any atom is -0.481 e. The number of hydrogen-bond donors (Lipinski definition) is 1. The second kappa shape index (κ2) is 3.36. The van der Waals surface area contributed by atoms with Gasteiger partial charge in [-0.25, -0.2) is 0 Å². The average Bonchev–Trinajstić information content (AvgIpc) is 2.58. The molecular formula is C14H15NO2. The molecule has 3 nitrogen and oxygen atoms in total. The van der Waals surface area contributed by atoms with Crippen molar-refractivity contribution in [2.24, 2.45) is 7.05 Å². The van der Waals surface area contributed by atoms with Crippen LogP contribution in [0, 0.1) is 0 Å². The van der Waals surface area contributed by atoms with Crippen LogP contribution in [0.4, 0.5) is 0 Å². The summed E-state index contributed by atoms with van der Waals surface area (Å²) in [6.07, 6.45) is 4.54. The van der Waals surface area contributed by atoms with Gasteiger partial charge in [-0.05, 0) is 42.0 Å². The Morgan fingerprint density at radius 2 is 2.12 bits per heavy atom. The van der Waals surface area contributed by atoms with E-state index in [0.29, 0.717) is 0 Å². The first-order valence-electron chi connectivity index (χ1n) is 5.92. The summed E-state index contributed by atoms with van der Waals surface area (Å²) in [5.74, 6) is -0.681. The summed E-state index contributed by atoms with van der Waals surface area (Å²) in [7, 11) is 2.00. The fourth-order valence-electron chi connectivity index (χ4n) is 2.74. The van der Waals surface area contributed by atoms with E-state index in [0.717, 1.165) is 35.7 Å². The number of aryl methyl sites for hydroxylation is 1. The Morgan fingerprint density at radius 1 is 1.35 bits per heavy atom. The number of rotatable bonds is 2. The number of carboxylic acids is 1. The molecule has 1 N–H and O–H groups in total. The molecule has 3 heteroatoms. The minimum atomic E-state index is -0.681. The molecule has 1 aromatic carbocycles. The third-order valence-corrected chi connectivity index (χ3v) is 4.05. The molecule has 0 saturated heterocycles. The Labute approximate surface area is 99.7 Å². The van der Waals surface area contributed by atoms with Crippen LogP contribution in [0.1, 0.15) is 24.8 Å². The maximum Gasteiger partial charge on any atom is 0.314 e. The van der Waals surface area contributed by atoms with E-state index >= 15 is 0 Å². The van der Waals surface area contributed by atoms with Crippen molar-refractivity contribution < 1.29 is 9.90 Å². The van der Waals surface area contributed by atoms with E-state index in [-0.39, 0.29) is 0 Å². The number of hydrogen-bond acceptors (Lipinski definition) is 1. The van der Waals surface area contributed by atoms with Crippen LogP contribution in [0.2, 0.25) is 0 Å². The third-order valence-electron chi connectivity index (χ3n) is 4.05. The molecule has 17 heavy (non-hydrogen) atoms. The van der Waals surface area contributed by atoms with Crippen LogP contribution in [0.5, 0.6) is 0 Å². The van der Waals surface area contributed by atoms with Crippen molar-refractivity contribution in [1.29, 1.82) is 0 Å². The van der Waals surface area contributed by atoms with Crippen molar-refractivity contribution in [2.45, 2.75) is 24.7 Å². The van der Waals surface area contributed by atoms with E-state index in [1.807, 2.05) is 42.1 Å². The van der Waals surface area contributed by atoms with Gasteiger partial charge in [-0.15, -0.1) is 0 Å². The molecule has 0 atom stereocenters. The number of benzene rings is 1. The minimum absolute atomic E-state index is 0.621. The van der Waals surface area contributed by atoms with Gasteiger partial charge in [0.2, 0.25) is 0 Å². The maximum atomic E-state index is 11.4. The molecule has 0 aliphatic heterocycles. The van der Waals surface area contributed by atoms with Crippen molar-refractivity contribution in [1.82, 2.24) is 4.57 Å². The molecule has 1 aliphatic rings. The SMILES string of the molecule is Cn1ccc2cc(C3(C(=O)O)CCC3)ccc21. The molecule has 2 aromatic rings. The summed E-state index contributed by atoms with van der Waals surface area (Å²) < 4.78 is 2.05. The van der Waals surface area contributed by atoms with Gasteiger partial charge >= 0.3 is 5.97 Å². The number of aliphatic carboxylic acids is 1. The predicted molar refractivity (Wildman–Crippen MR) is 66.1 cm³/mol. The molecule has 1 heterocycles. The fraction of sp³-hybridized carbons (Fsp3) is 0.357. The number of nitrogens with zero attached hydrogens (tertiary/aromatic N) is 1. The second-order valence-electron chi connectivity index (χ2n) is 4.94. The Kier molecular flexibility index (Phi) is 2.05. The first-order chi connectivity index (χ1) is 8.13. The van der Waals surface area contributed by atoms with Gasteiger partial charge in [0, 0.05) is 18.8 Å². The van der Waals surface area contributed by atoms with Gasteiger partial charge in [-0.1, -0.05) is 12.5 Å². The van der Waals surface area contributed by atoms with Crippen molar-refractivity contribution in [3.63, 3.8) is 0 Å². The van der Waals surface area contributed by atoms with Gasteiger partial charge in [-0.3, -0.25) is 4.79 Å². The van der Waals surface area contributed by atoms with Crippen molar-refractivity contribution in [2.75, 3.05) is 0 Å². The van der Waals surface area contributed by atoms with Crippen LogP contribution in [-0.2, 0) is 17.3 Å². The van der Waals surface area contributed by atoms with Gasteiger partial charge in [0.15, 0.2) is 0 Å². The molecule has 0 radical (unpaired) electrons. The molecule has 1 fully saturated rings. The second-order valence-corrected chi connectivity index (χ2v) is 4.94. The maximum absolute atomic E-state index is 11.4. The summed E-state index contributed by atoms with van der Waals surface area (Å²) in [6.45, 7) is 0. The van der Waals surface area contributed by atoms with Crippen LogP contribution in [0.25, 0.3) is 10.9 Å². The smallest absolute Gasteiger partial charge is 0.314 e. The number of aromatic nitrogens is 1. The summed E-state index contributed by atoms with van der Waals surface area (Å²) in [4.78, 5) is 11.4. The lowest BCUT2D eigenvalue weighted by Gasteiger charge is -2.38. The first kappa shape index (κ1) is 10.4. The summed E-state index contributed by atoms with van der Waals surface area (Å²) >= 11 is 0. The lowest BCUT2D eigenvalue weighted by atomic mass is 9.64. The molecule has 1 aliphatic carbocycles.